The number of hydrogen-bond donors (Lipinski definition) is 2. The Balaban J connectivity index is 1.75. The summed E-state index contributed by atoms with van der Waals surface area (Å²) in [6, 6.07) is 8.13. The number of carboxylic acid groups (broad SMARTS) is 1. The highest BCUT2D eigenvalue weighted by molar-refractivity contribution is 9.10. The lowest BCUT2D eigenvalue weighted by atomic mass is 9.98. The van der Waals surface area contributed by atoms with E-state index in [4.69, 9.17) is 5.11 Å². The highest BCUT2D eigenvalue weighted by Gasteiger charge is 2.36. The van der Waals surface area contributed by atoms with Crippen LogP contribution in [0.5, 0.6) is 0 Å². The second kappa shape index (κ2) is 12.0. The average Bonchev–Trinajstić information content (AvgIpc) is 2.96. The van der Waals surface area contributed by atoms with Crippen LogP contribution in [0.25, 0.3) is 5.69 Å². The second-order valence-electron chi connectivity index (χ2n) is 10.0. The van der Waals surface area contributed by atoms with Gasteiger partial charge >= 0.3 is 12.3 Å². The summed E-state index contributed by atoms with van der Waals surface area (Å²) in [4.78, 5) is 57.4. The molecule has 14 heteroatoms. The van der Waals surface area contributed by atoms with Crippen LogP contribution < -0.4 is 10.9 Å². The van der Waals surface area contributed by atoms with Gasteiger partial charge in [-0.3, -0.25) is 14.4 Å². The van der Waals surface area contributed by atoms with Crippen molar-refractivity contribution in [2.24, 2.45) is 0 Å². The van der Waals surface area contributed by atoms with Crippen molar-refractivity contribution < 1.29 is 32.7 Å². The van der Waals surface area contributed by atoms with Gasteiger partial charge in [-0.1, -0.05) is 22.0 Å². The van der Waals surface area contributed by atoms with E-state index in [2.05, 4.69) is 32.8 Å². The number of aromatic nitrogens is 2. The van der Waals surface area contributed by atoms with Crippen LogP contribution in [-0.2, 0) is 19.1 Å². The summed E-state index contributed by atoms with van der Waals surface area (Å²) in [5, 5.41) is 12.2. The molecule has 43 heavy (non-hydrogen) atoms. The Kier molecular flexibility index (Phi) is 8.81. The highest BCUT2D eigenvalue weighted by atomic mass is 79.9. The topological polar surface area (TPSA) is 125 Å². The third-order valence-electron chi connectivity index (χ3n) is 7.07. The lowest BCUT2D eigenvalue weighted by molar-refractivity contribution is -0.138. The van der Waals surface area contributed by atoms with E-state index in [0.717, 1.165) is 13.1 Å². The molecule has 2 heterocycles. The molecule has 4 rings (SSSR count). The first-order chi connectivity index (χ1) is 20.1. The van der Waals surface area contributed by atoms with Crippen molar-refractivity contribution in [1.82, 2.24) is 19.4 Å². The summed E-state index contributed by atoms with van der Waals surface area (Å²) < 4.78 is 41.6. The molecule has 10 nitrogen and oxygen atoms in total. The lowest BCUT2D eigenvalue weighted by Gasteiger charge is -2.35. The van der Waals surface area contributed by atoms with Crippen molar-refractivity contribution in [3.05, 3.63) is 97.9 Å². The van der Waals surface area contributed by atoms with E-state index in [9.17, 15) is 32.3 Å². The number of nitrogens with zero attached hydrogens (tertiary/aromatic N) is 4. The molecule has 0 radical (unpaired) electrons. The standard InChI is InChI=1S/C29H27BrF3N5O5/c1-5-15(2)34-27-35-23-14-37(25(40)18-8-11-22(30)21(13-18)29(31,32)33)16(3)12-20(23)26(41)38(27)19-9-6-17(7-10-19)24(39)36(4)28(42)43/h5-11,13,15-16H,1,12,14H2,2-4H3,(H,34,35)(H,42,43). The Morgan fingerprint density at radius 2 is 1.81 bits per heavy atom. The van der Waals surface area contributed by atoms with Crippen molar-refractivity contribution >= 4 is 39.8 Å². The molecule has 226 valence electrons. The number of amides is 3. The molecule has 2 atom stereocenters. The number of alkyl halides is 3. The monoisotopic (exact) mass is 661 g/mol. The van der Waals surface area contributed by atoms with Crippen LogP contribution in [0.3, 0.4) is 0 Å². The number of halogens is 4. The van der Waals surface area contributed by atoms with Gasteiger partial charge in [0.15, 0.2) is 0 Å². The molecule has 1 aromatic heterocycles. The fraction of sp³-hybridized carbons (Fsp3) is 0.276. The van der Waals surface area contributed by atoms with Crippen LogP contribution in [0.2, 0.25) is 0 Å². The maximum Gasteiger partial charge on any atom is 0.417 e. The van der Waals surface area contributed by atoms with Gasteiger partial charge in [0.25, 0.3) is 17.4 Å². The lowest BCUT2D eigenvalue weighted by Crippen LogP contribution is -2.46. The normalized spacial score (nSPS) is 15.3. The molecular formula is C29H27BrF3N5O5. The smallest absolute Gasteiger partial charge is 0.417 e. The minimum atomic E-state index is -4.66. The van der Waals surface area contributed by atoms with Gasteiger partial charge < -0.3 is 15.3 Å². The number of rotatable bonds is 6. The summed E-state index contributed by atoms with van der Waals surface area (Å²) in [7, 11) is 1.12. The zero-order chi connectivity index (χ0) is 31.8. The predicted octanol–water partition coefficient (Wildman–Crippen LogP) is 5.34. The molecule has 3 amide bonds. The van der Waals surface area contributed by atoms with Gasteiger partial charge in [-0.15, -0.1) is 6.58 Å². The van der Waals surface area contributed by atoms with Crippen LogP contribution >= 0.6 is 15.9 Å². The number of benzene rings is 2. The zero-order valence-corrected chi connectivity index (χ0v) is 24.9. The van der Waals surface area contributed by atoms with E-state index in [0.29, 0.717) is 16.2 Å². The Morgan fingerprint density at radius 3 is 2.40 bits per heavy atom. The van der Waals surface area contributed by atoms with Gasteiger partial charge in [-0.05, 0) is 62.7 Å². The minimum Gasteiger partial charge on any atom is -0.465 e. The highest BCUT2D eigenvalue weighted by Crippen LogP contribution is 2.36. The molecule has 0 saturated carbocycles. The zero-order valence-electron chi connectivity index (χ0n) is 23.3. The van der Waals surface area contributed by atoms with Crippen LogP contribution in [-0.4, -0.2) is 61.5 Å². The molecule has 1 aliphatic heterocycles. The largest absolute Gasteiger partial charge is 0.465 e. The maximum absolute atomic E-state index is 13.9. The van der Waals surface area contributed by atoms with Crippen molar-refractivity contribution in [2.75, 3.05) is 12.4 Å². The van der Waals surface area contributed by atoms with Gasteiger partial charge in [0, 0.05) is 40.3 Å². The van der Waals surface area contributed by atoms with Crippen molar-refractivity contribution in [3.63, 3.8) is 0 Å². The number of nitrogens with one attached hydrogen (secondary N) is 1. The number of fused-ring (bicyclic) bond motifs is 1. The summed E-state index contributed by atoms with van der Waals surface area (Å²) >= 11 is 2.89. The van der Waals surface area contributed by atoms with Crippen LogP contribution in [0.15, 0.2) is 64.4 Å². The van der Waals surface area contributed by atoms with Gasteiger partial charge in [0.1, 0.15) is 0 Å². The van der Waals surface area contributed by atoms with Crippen LogP contribution in [0.4, 0.5) is 23.9 Å². The molecule has 0 bridgehead atoms. The molecule has 0 fully saturated rings. The van der Waals surface area contributed by atoms with E-state index < -0.39 is 41.2 Å². The van der Waals surface area contributed by atoms with Crippen molar-refractivity contribution in [1.29, 1.82) is 0 Å². The Morgan fingerprint density at radius 1 is 1.19 bits per heavy atom. The molecule has 0 saturated heterocycles. The summed E-state index contributed by atoms with van der Waals surface area (Å²) in [6.07, 6.45) is -4.41. The average molecular weight is 662 g/mol. The predicted molar refractivity (Wildman–Crippen MR) is 155 cm³/mol. The van der Waals surface area contributed by atoms with E-state index in [1.54, 1.807) is 19.9 Å². The molecule has 3 aromatic rings. The fourth-order valence-electron chi connectivity index (χ4n) is 4.60. The van der Waals surface area contributed by atoms with E-state index >= 15 is 0 Å². The summed E-state index contributed by atoms with van der Waals surface area (Å²) in [6.45, 7) is 7.09. The van der Waals surface area contributed by atoms with Gasteiger partial charge in [-0.2, -0.15) is 13.2 Å². The van der Waals surface area contributed by atoms with E-state index in [-0.39, 0.29) is 46.2 Å². The molecule has 2 aromatic carbocycles. The molecule has 2 unspecified atom stereocenters. The number of carbonyl (C=O) groups excluding carboxylic acids is 2. The van der Waals surface area contributed by atoms with Crippen molar-refractivity contribution in [2.45, 2.75) is 45.1 Å². The first kappa shape index (κ1) is 31.5. The molecule has 2 N–H and O–H groups in total. The van der Waals surface area contributed by atoms with Gasteiger partial charge in [0.05, 0.1) is 23.5 Å². The quantitative estimate of drug-likeness (QED) is 0.342. The van der Waals surface area contributed by atoms with E-state index in [1.165, 1.54) is 45.9 Å². The third kappa shape index (κ3) is 6.33. The van der Waals surface area contributed by atoms with Crippen LogP contribution in [0.1, 0.15) is 51.4 Å². The molecule has 1 aliphatic rings. The number of anilines is 1. The van der Waals surface area contributed by atoms with Gasteiger partial charge in [0.2, 0.25) is 5.95 Å². The minimum absolute atomic E-state index is 0.0889. The Hall–Kier alpha value is -4.46. The fourth-order valence-corrected chi connectivity index (χ4v) is 5.08. The first-order valence-electron chi connectivity index (χ1n) is 13.0. The molecular weight excluding hydrogens is 635 g/mol. The van der Waals surface area contributed by atoms with Crippen molar-refractivity contribution in [3.8, 4) is 5.69 Å². The molecule has 0 spiro atoms. The van der Waals surface area contributed by atoms with Gasteiger partial charge in [-0.25, -0.2) is 19.2 Å². The number of hydrogen-bond acceptors (Lipinski definition) is 6. The third-order valence-corrected chi connectivity index (χ3v) is 7.76. The second-order valence-corrected chi connectivity index (χ2v) is 10.9. The van der Waals surface area contributed by atoms with Crippen LogP contribution in [0, 0.1) is 0 Å². The van der Waals surface area contributed by atoms with E-state index in [1.807, 2.05) is 0 Å². The molecule has 0 aliphatic carbocycles. The summed E-state index contributed by atoms with van der Waals surface area (Å²) in [5.74, 6) is -1.27. The Labute approximate surface area is 252 Å². The number of imide groups is 1. The first-order valence-corrected chi connectivity index (χ1v) is 13.8. The SMILES string of the molecule is C=CC(C)Nc1nc2c(c(=O)n1-c1ccc(C(=O)N(C)C(=O)O)cc1)CC(C)N(C(=O)c1ccc(Br)c(C(F)(F)F)c1)C2. The summed E-state index contributed by atoms with van der Waals surface area (Å²) in [5.41, 5.74) is -0.522. The maximum atomic E-state index is 13.9. The number of carbonyl (C=O) groups is 3. The Bertz CT molecular complexity index is 1670.